The van der Waals surface area contributed by atoms with Gasteiger partial charge in [0.15, 0.2) is 0 Å². The zero-order valence-electron chi connectivity index (χ0n) is 14.5. The number of aromatic nitrogens is 1. The Morgan fingerprint density at radius 3 is 2.62 bits per heavy atom. The van der Waals surface area contributed by atoms with E-state index in [2.05, 4.69) is 10.3 Å². The summed E-state index contributed by atoms with van der Waals surface area (Å²) in [7, 11) is -3.62. The molecule has 0 radical (unpaired) electrons. The molecule has 1 amide bonds. The number of amides is 1. The summed E-state index contributed by atoms with van der Waals surface area (Å²) in [6.07, 6.45) is 1.50. The van der Waals surface area contributed by atoms with Crippen molar-refractivity contribution in [3.63, 3.8) is 0 Å². The largest absolute Gasteiger partial charge is 0.379 e. The molecule has 1 N–H and O–H groups in total. The summed E-state index contributed by atoms with van der Waals surface area (Å²) in [5.41, 5.74) is 1.81. The van der Waals surface area contributed by atoms with E-state index in [0.29, 0.717) is 37.4 Å². The molecular weight excluding hydrogens is 354 g/mol. The molecule has 1 aliphatic heterocycles. The second-order valence-corrected chi connectivity index (χ2v) is 7.90. The third-order valence-electron chi connectivity index (χ3n) is 4.17. The lowest BCUT2D eigenvalue weighted by atomic mass is 10.2. The standard InChI is InChI=1S/C18H21N3O4S/c1-14-6-7-16(13-19-14)18(22)20-12-15-4-2-3-5-17(15)26(23,24)21-8-10-25-11-9-21/h2-7,13H,8-12H2,1H3,(H,20,22). The van der Waals surface area contributed by atoms with Crippen LogP contribution in [-0.4, -0.2) is 49.9 Å². The quantitative estimate of drug-likeness (QED) is 0.852. The van der Waals surface area contributed by atoms with Crippen LogP contribution in [0.5, 0.6) is 0 Å². The summed E-state index contributed by atoms with van der Waals surface area (Å²) in [5, 5.41) is 2.76. The lowest BCUT2D eigenvalue weighted by Crippen LogP contribution is -2.41. The van der Waals surface area contributed by atoms with Crippen LogP contribution in [0.25, 0.3) is 0 Å². The van der Waals surface area contributed by atoms with Crippen molar-refractivity contribution < 1.29 is 17.9 Å². The van der Waals surface area contributed by atoms with Crippen molar-refractivity contribution in [2.45, 2.75) is 18.4 Å². The predicted molar refractivity (Wildman–Crippen MR) is 96.2 cm³/mol. The second-order valence-electron chi connectivity index (χ2n) is 6.00. The number of sulfonamides is 1. The van der Waals surface area contributed by atoms with Gasteiger partial charge >= 0.3 is 0 Å². The Bertz CT molecular complexity index is 876. The molecule has 8 heteroatoms. The molecule has 2 aromatic rings. The van der Waals surface area contributed by atoms with E-state index < -0.39 is 10.0 Å². The lowest BCUT2D eigenvalue weighted by Gasteiger charge is -2.27. The molecule has 0 unspecified atom stereocenters. The number of morpholine rings is 1. The molecular formula is C18H21N3O4S. The molecule has 1 saturated heterocycles. The highest BCUT2D eigenvalue weighted by Crippen LogP contribution is 2.21. The van der Waals surface area contributed by atoms with Crippen LogP contribution >= 0.6 is 0 Å². The van der Waals surface area contributed by atoms with Gasteiger partial charge in [-0.15, -0.1) is 0 Å². The van der Waals surface area contributed by atoms with E-state index in [1.54, 1.807) is 36.4 Å². The van der Waals surface area contributed by atoms with Gasteiger partial charge in [0, 0.05) is 31.5 Å². The fourth-order valence-electron chi connectivity index (χ4n) is 2.71. The molecule has 0 atom stereocenters. The summed E-state index contributed by atoms with van der Waals surface area (Å²) < 4.78 is 32.5. The number of rotatable bonds is 5. The maximum Gasteiger partial charge on any atom is 0.253 e. The summed E-state index contributed by atoms with van der Waals surface area (Å²) in [6, 6.07) is 10.2. The van der Waals surface area contributed by atoms with Crippen molar-refractivity contribution in [2.75, 3.05) is 26.3 Å². The van der Waals surface area contributed by atoms with Crippen LogP contribution in [0.4, 0.5) is 0 Å². The monoisotopic (exact) mass is 375 g/mol. The number of carbonyl (C=O) groups is 1. The van der Waals surface area contributed by atoms with Gasteiger partial charge in [0.2, 0.25) is 10.0 Å². The Morgan fingerprint density at radius 1 is 1.19 bits per heavy atom. The third-order valence-corrected chi connectivity index (χ3v) is 6.17. The highest BCUT2D eigenvalue weighted by atomic mass is 32.2. The van der Waals surface area contributed by atoms with Gasteiger partial charge in [0.25, 0.3) is 5.91 Å². The topological polar surface area (TPSA) is 88.6 Å². The van der Waals surface area contributed by atoms with Gasteiger partial charge in [0.05, 0.1) is 23.7 Å². The smallest absolute Gasteiger partial charge is 0.253 e. The Kier molecular flexibility index (Phi) is 5.65. The van der Waals surface area contributed by atoms with E-state index in [-0.39, 0.29) is 17.3 Å². The molecule has 1 aromatic heterocycles. The van der Waals surface area contributed by atoms with E-state index in [1.165, 1.54) is 10.5 Å². The number of nitrogens with one attached hydrogen (secondary N) is 1. The number of nitrogens with zero attached hydrogens (tertiary/aromatic N) is 2. The molecule has 7 nitrogen and oxygen atoms in total. The SMILES string of the molecule is Cc1ccc(C(=O)NCc2ccccc2S(=O)(=O)N2CCOCC2)cn1. The average molecular weight is 375 g/mol. The molecule has 2 heterocycles. The summed E-state index contributed by atoms with van der Waals surface area (Å²) in [4.78, 5) is 16.6. The Balaban J connectivity index is 1.77. The molecule has 1 fully saturated rings. The molecule has 138 valence electrons. The fraction of sp³-hybridized carbons (Fsp3) is 0.333. The number of aryl methyl sites for hydroxylation is 1. The van der Waals surface area contributed by atoms with Crippen LogP contribution in [0.1, 0.15) is 21.6 Å². The lowest BCUT2D eigenvalue weighted by molar-refractivity contribution is 0.0730. The van der Waals surface area contributed by atoms with E-state index >= 15 is 0 Å². The van der Waals surface area contributed by atoms with Gasteiger partial charge in [-0.05, 0) is 30.7 Å². The fourth-order valence-corrected chi connectivity index (χ4v) is 4.34. The number of pyridine rings is 1. The Hall–Kier alpha value is -2.29. The maximum absolute atomic E-state index is 12.9. The highest BCUT2D eigenvalue weighted by Gasteiger charge is 2.28. The maximum atomic E-state index is 12.9. The minimum atomic E-state index is -3.62. The van der Waals surface area contributed by atoms with Gasteiger partial charge in [-0.25, -0.2) is 8.42 Å². The van der Waals surface area contributed by atoms with Gasteiger partial charge in [-0.2, -0.15) is 4.31 Å². The first-order valence-electron chi connectivity index (χ1n) is 8.35. The molecule has 0 saturated carbocycles. The van der Waals surface area contributed by atoms with E-state index in [0.717, 1.165) is 5.69 Å². The number of hydrogen-bond donors (Lipinski definition) is 1. The first-order chi connectivity index (χ1) is 12.5. The second kappa shape index (κ2) is 7.94. The summed E-state index contributed by atoms with van der Waals surface area (Å²) >= 11 is 0. The molecule has 3 rings (SSSR count). The minimum absolute atomic E-state index is 0.118. The van der Waals surface area contributed by atoms with Gasteiger partial charge in [-0.3, -0.25) is 9.78 Å². The van der Waals surface area contributed by atoms with E-state index in [4.69, 9.17) is 4.74 Å². The highest BCUT2D eigenvalue weighted by molar-refractivity contribution is 7.89. The van der Waals surface area contributed by atoms with Crippen LogP contribution < -0.4 is 5.32 Å². The number of ether oxygens (including phenoxy) is 1. The van der Waals surface area contributed by atoms with Crippen molar-refractivity contribution in [1.29, 1.82) is 0 Å². The molecule has 1 aliphatic rings. The molecule has 0 spiro atoms. The van der Waals surface area contributed by atoms with Crippen LogP contribution in [0.3, 0.4) is 0 Å². The van der Waals surface area contributed by atoms with E-state index in [1.807, 2.05) is 6.92 Å². The van der Waals surface area contributed by atoms with Crippen molar-refractivity contribution >= 4 is 15.9 Å². The van der Waals surface area contributed by atoms with E-state index in [9.17, 15) is 13.2 Å². The first kappa shape index (κ1) is 18.5. The Morgan fingerprint density at radius 2 is 1.92 bits per heavy atom. The van der Waals surface area contributed by atoms with Gasteiger partial charge in [0.1, 0.15) is 0 Å². The van der Waals surface area contributed by atoms with Crippen molar-refractivity contribution in [3.05, 3.63) is 59.4 Å². The molecule has 1 aromatic carbocycles. The van der Waals surface area contributed by atoms with Crippen LogP contribution in [0, 0.1) is 6.92 Å². The zero-order chi connectivity index (χ0) is 18.6. The first-order valence-corrected chi connectivity index (χ1v) is 9.79. The summed E-state index contributed by atoms with van der Waals surface area (Å²) in [6.45, 7) is 3.40. The van der Waals surface area contributed by atoms with Crippen LogP contribution in [-0.2, 0) is 21.3 Å². The van der Waals surface area contributed by atoms with Crippen molar-refractivity contribution in [2.24, 2.45) is 0 Å². The molecule has 0 bridgehead atoms. The van der Waals surface area contributed by atoms with Crippen LogP contribution in [0.2, 0.25) is 0 Å². The number of hydrogen-bond acceptors (Lipinski definition) is 5. The normalized spacial score (nSPS) is 15.6. The van der Waals surface area contributed by atoms with Crippen molar-refractivity contribution in [1.82, 2.24) is 14.6 Å². The van der Waals surface area contributed by atoms with Gasteiger partial charge in [-0.1, -0.05) is 18.2 Å². The van der Waals surface area contributed by atoms with Crippen molar-refractivity contribution in [3.8, 4) is 0 Å². The average Bonchev–Trinajstić information content (AvgIpc) is 2.67. The van der Waals surface area contributed by atoms with Gasteiger partial charge < -0.3 is 10.1 Å². The predicted octanol–water partition coefficient (Wildman–Crippen LogP) is 1.34. The summed E-state index contributed by atoms with van der Waals surface area (Å²) in [5.74, 6) is -0.295. The number of carbonyl (C=O) groups excluding carboxylic acids is 1. The molecule has 26 heavy (non-hydrogen) atoms. The third kappa shape index (κ3) is 4.09. The number of benzene rings is 1. The molecule has 0 aliphatic carbocycles. The zero-order valence-corrected chi connectivity index (χ0v) is 15.3. The minimum Gasteiger partial charge on any atom is -0.379 e. The van der Waals surface area contributed by atoms with Crippen LogP contribution in [0.15, 0.2) is 47.5 Å². The Labute approximate surface area is 153 Å².